The second kappa shape index (κ2) is 7.05. The quantitative estimate of drug-likeness (QED) is 0.808. The molecule has 0 saturated heterocycles. The molecule has 0 aliphatic heterocycles. The lowest BCUT2D eigenvalue weighted by atomic mass is 10.0. The second-order valence-corrected chi connectivity index (χ2v) is 6.15. The van der Waals surface area contributed by atoms with Crippen molar-refractivity contribution in [2.24, 2.45) is 0 Å². The molecule has 0 saturated carbocycles. The van der Waals surface area contributed by atoms with Gasteiger partial charge in [0.15, 0.2) is 0 Å². The van der Waals surface area contributed by atoms with E-state index in [0.717, 1.165) is 6.07 Å². The largest absolute Gasteiger partial charge is 0.312 e. The monoisotopic (exact) mass is 307 g/mol. The molecular formula is C17H19F2NS. The van der Waals surface area contributed by atoms with E-state index in [9.17, 15) is 8.78 Å². The first-order valence-electron chi connectivity index (χ1n) is 6.83. The number of aryl methyl sites for hydroxylation is 2. The van der Waals surface area contributed by atoms with E-state index in [-0.39, 0.29) is 11.9 Å². The van der Waals surface area contributed by atoms with E-state index in [1.54, 1.807) is 0 Å². The molecular weight excluding hydrogens is 288 g/mol. The fourth-order valence-corrected chi connectivity index (χ4v) is 3.40. The van der Waals surface area contributed by atoms with Crippen molar-refractivity contribution in [3.63, 3.8) is 0 Å². The van der Waals surface area contributed by atoms with Crippen molar-refractivity contribution in [2.75, 3.05) is 12.8 Å². The summed E-state index contributed by atoms with van der Waals surface area (Å²) in [4.78, 5) is 0.347. The lowest BCUT2D eigenvalue weighted by molar-refractivity contribution is 0.576. The normalized spacial score (nSPS) is 12.4. The Morgan fingerprint density at radius 3 is 2.52 bits per heavy atom. The summed E-state index contributed by atoms with van der Waals surface area (Å²) >= 11 is 1.32. The zero-order chi connectivity index (χ0) is 15.4. The third kappa shape index (κ3) is 4.05. The second-order valence-electron chi connectivity index (χ2n) is 5.09. The minimum Gasteiger partial charge on any atom is -0.312 e. The molecule has 0 heterocycles. The fraction of sp³-hybridized carbons (Fsp3) is 0.294. The van der Waals surface area contributed by atoms with Gasteiger partial charge in [0, 0.05) is 16.7 Å². The number of rotatable bonds is 5. The molecule has 0 spiro atoms. The predicted molar refractivity (Wildman–Crippen MR) is 84.8 cm³/mol. The number of thioether (sulfide) groups is 1. The van der Waals surface area contributed by atoms with Crippen LogP contribution in [0.1, 0.15) is 22.7 Å². The molecule has 21 heavy (non-hydrogen) atoms. The highest BCUT2D eigenvalue weighted by molar-refractivity contribution is 7.99. The number of nitrogens with one attached hydrogen (secondary N) is 1. The summed E-state index contributed by atoms with van der Waals surface area (Å²) < 4.78 is 26.8. The number of halogens is 2. The maximum Gasteiger partial charge on any atom is 0.136 e. The molecule has 0 amide bonds. The van der Waals surface area contributed by atoms with Crippen molar-refractivity contribution in [1.82, 2.24) is 5.32 Å². The van der Waals surface area contributed by atoms with Crippen molar-refractivity contribution in [2.45, 2.75) is 24.8 Å². The van der Waals surface area contributed by atoms with Gasteiger partial charge in [-0.15, -0.1) is 11.8 Å². The fourth-order valence-electron chi connectivity index (χ4n) is 2.31. The van der Waals surface area contributed by atoms with E-state index in [4.69, 9.17) is 0 Å². The molecule has 112 valence electrons. The summed E-state index contributed by atoms with van der Waals surface area (Å²) in [7, 11) is 1.88. The molecule has 0 radical (unpaired) electrons. The topological polar surface area (TPSA) is 12.0 Å². The Balaban J connectivity index is 2.14. The minimum absolute atomic E-state index is 0.0956. The van der Waals surface area contributed by atoms with Crippen LogP contribution in [0.15, 0.2) is 41.3 Å². The van der Waals surface area contributed by atoms with Crippen LogP contribution in [0.25, 0.3) is 0 Å². The van der Waals surface area contributed by atoms with Crippen LogP contribution in [0.3, 0.4) is 0 Å². The van der Waals surface area contributed by atoms with Gasteiger partial charge in [0.25, 0.3) is 0 Å². The van der Waals surface area contributed by atoms with Crippen molar-refractivity contribution in [1.29, 1.82) is 0 Å². The van der Waals surface area contributed by atoms with Gasteiger partial charge in [-0.3, -0.25) is 0 Å². The van der Waals surface area contributed by atoms with E-state index in [0.29, 0.717) is 10.6 Å². The van der Waals surface area contributed by atoms with Gasteiger partial charge in [-0.1, -0.05) is 23.8 Å². The van der Waals surface area contributed by atoms with Gasteiger partial charge in [0.1, 0.15) is 11.6 Å². The number of benzene rings is 2. The molecule has 1 N–H and O–H groups in total. The van der Waals surface area contributed by atoms with Crippen molar-refractivity contribution < 1.29 is 8.78 Å². The molecule has 0 aliphatic rings. The summed E-state index contributed by atoms with van der Waals surface area (Å²) in [5.41, 5.74) is 3.61. The van der Waals surface area contributed by atoms with Crippen LogP contribution in [0, 0.1) is 25.5 Å². The maximum absolute atomic E-state index is 13.7. The highest BCUT2D eigenvalue weighted by atomic mass is 32.2. The molecule has 4 heteroatoms. The summed E-state index contributed by atoms with van der Waals surface area (Å²) in [6.07, 6.45) is 0. The Labute approximate surface area is 128 Å². The Morgan fingerprint density at radius 2 is 1.86 bits per heavy atom. The van der Waals surface area contributed by atoms with E-state index in [1.807, 2.05) is 7.05 Å². The van der Waals surface area contributed by atoms with E-state index < -0.39 is 5.82 Å². The third-order valence-corrected chi connectivity index (χ3v) is 4.57. The first-order chi connectivity index (χ1) is 10.0. The number of hydrogen-bond donors (Lipinski definition) is 1. The summed E-state index contributed by atoms with van der Waals surface area (Å²) in [6.45, 7) is 4.13. The van der Waals surface area contributed by atoms with E-state index in [1.165, 1.54) is 40.6 Å². The lowest BCUT2D eigenvalue weighted by Gasteiger charge is -2.19. The molecule has 2 aromatic rings. The van der Waals surface area contributed by atoms with Gasteiger partial charge in [-0.25, -0.2) is 8.78 Å². The van der Waals surface area contributed by atoms with Crippen LogP contribution in [-0.4, -0.2) is 12.8 Å². The third-order valence-electron chi connectivity index (χ3n) is 3.45. The van der Waals surface area contributed by atoms with Crippen molar-refractivity contribution in [3.05, 3.63) is 64.7 Å². The first kappa shape index (κ1) is 16.0. The highest BCUT2D eigenvalue weighted by Crippen LogP contribution is 2.28. The molecule has 2 aromatic carbocycles. The van der Waals surface area contributed by atoms with E-state index >= 15 is 0 Å². The van der Waals surface area contributed by atoms with Gasteiger partial charge in [-0.05, 0) is 50.2 Å². The Kier molecular flexibility index (Phi) is 5.37. The zero-order valence-corrected chi connectivity index (χ0v) is 13.2. The SMILES string of the molecule is CNC(CSc1cc(F)ccc1F)c1ccc(C)cc1C. The zero-order valence-electron chi connectivity index (χ0n) is 12.4. The summed E-state index contributed by atoms with van der Waals surface area (Å²) in [5, 5.41) is 3.25. The average molecular weight is 307 g/mol. The van der Waals surface area contributed by atoms with Gasteiger partial charge in [-0.2, -0.15) is 0 Å². The summed E-state index contributed by atoms with van der Waals surface area (Å²) in [6, 6.07) is 9.94. The maximum atomic E-state index is 13.7. The molecule has 2 rings (SSSR count). The van der Waals surface area contributed by atoms with Crippen LogP contribution in [-0.2, 0) is 0 Å². The van der Waals surface area contributed by atoms with Crippen LogP contribution in [0.4, 0.5) is 8.78 Å². The lowest BCUT2D eigenvalue weighted by Crippen LogP contribution is -2.19. The van der Waals surface area contributed by atoms with Gasteiger partial charge < -0.3 is 5.32 Å². The van der Waals surface area contributed by atoms with Gasteiger partial charge >= 0.3 is 0 Å². The standard InChI is InChI=1S/C17H19F2NS/c1-11-4-6-14(12(2)8-11)16(20-3)10-21-17-9-13(18)5-7-15(17)19/h4-9,16,20H,10H2,1-3H3. The van der Waals surface area contributed by atoms with Crippen LogP contribution < -0.4 is 5.32 Å². The smallest absolute Gasteiger partial charge is 0.136 e. The molecule has 0 bridgehead atoms. The Bertz CT molecular complexity index is 628. The highest BCUT2D eigenvalue weighted by Gasteiger charge is 2.14. The van der Waals surface area contributed by atoms with E-state index in [2.05, 4.69) is 37.4 Å². The molecule has 0 aliphatic carbocycles. The average Bonchev–Trinajstić information content (AvgIpc) is 2.44. The number of hydrogen-bond acceptors (Lipinski definition) is 2. The Morgan fingerprint density at radius 1 is 1.10 bits per heavy atom. The van der Waals surface area contributed by atoms with Crippen LogP contribution in [0.5, 0.6) is 0 Å². The molecule has 1 nitrogen and oxygen atoms in total. The minimum atomic E-state index is -0.411. The molecule has 1 unspecified atom stereocenters. The molecule has 0 fully saturated rings. The Hall–Kier alpha value is -1.39. The summed E-state index contributed by atoms with van der Waals surface area (Å²) in [5.74, 6) is -0.149. The first-order valence-corrected chi connectivity index (χ1v) is 7.82. The van der Waals surface area contributed by atoms with Gasteiger partial charge in [0.05, 0.1) is 0 Å². The van der Waals surface area contributed by atoms with Crippen LogP contribution in [0.2, 0.25) is 0 Å². The molecule has 1 atom stereocenters. The van der Waals surface area contributed by atoms with Crippen molar-refractivity contribution >= 4 is 11.8 Å². The van der Waals surface area contributed by atoms with Crippen LogP contribution >= 0.6 is 11.8 Å². The van der Waals surface area contributed by atoms with Gasteiger partial charge in [0.2, 0.25) is 0 Å². The predicted octanol–water partition coefficient (Wildman–Crippen LogP) is 4.63. The van der Waals surface area contributed by atoms with Crippen molar-refractivity contribution in [3.8, 4) is 0 Å². The molecule has 0 aromatic heterocycles.